The molecule has 1 fully saturated rings. The van der Waals surface area contributed by atoms with Gasteiger partial charge in [0.25, 0.3) is 5.56 Å². The van der Waals surface area contributed by atoms with Crippen molar-refractivity contribution >= 4 is 11.8 Å². The summed E-state index contributed by atoms with van der Waals surface area (Å²) >= 11 is 1.41. The fourth-order valence-corrected chi connectivity index (χ4v) is 3.14. The van der Waals surface area contributed by atoms with Gasteiger partial charge in [-0.15, -0.1) is 11.8 Å². The molecule has 6 nitrogen and oxygen atoms in total. The maximum absolute atomic E-state index is 11.5. The summed E-state index contributed by atoms with van der Waals surface area (Å²) < 4.78 is 1.37. The molecule has 16 heavy (non-hydrogen) atoms. The molecule has 0 unspecified atom stereocenters. The molecule has 3 atom stereocenters. The number of aromatic nitrogens is 2. The molecule has 0 amide bonds. The van der Waals surface area contributed by atoms with Crippen LogP contribution in [0.25, 0.3) is 0 Å². The first-order valence-corrected chi connectivity index (χ1v) is 5.80. The van der Waals surface area contributed by atoms with Gasteiger partial charge in [0.1, 0.15) is 0 Å². The van der Waals surface area contributed by atoms with Gasteiger partial charge in [0.2, 0.25) is 0 Å². The second-order valence-corrected chi connectivity index (χ2v) is 4.97. The molecule has 0 bridgehead atoms. The quantitative estimate of drug-likeness (QED) is 0.617. The highest BCUT2D eigenvalue weighted by atomic mass is 32.2. The molecule has 0 aromatic carbocycles. The van der Waals surface area contributed by atoms with Crippen LogP contribution in [0, 0.1) is 5.92 Å². The predicted octanol–water partition coefficient (Wildman–Crippen LogP) is -1.25. The molecule has 88 valence electrons. The third-order valence-electron chi connectivity index (χ3n) is 2.67. The van der Waals surface area contributed by atoms with Gasteiger partial charge < -0.3 is 10.2 Å². The predicted molar refractivity (Wildman–Crippen MR) is 59.4 cm³/mol. The Morgan fingerprint density at radius 3 is 2.69 bits per heavy atom. The number of nitrogens with zero attached hydrogens (tertiary/aromatic N) is 1. The van der Waals surface area contributed by atoms with Crippen LogP contribution in [0.2, 0.25) is 0 Å². The molecule has 3 N–H and O–H groups in total. The Bertz CT molecular complexity index is 483. The van der Waals surface area contributed by atoms with E-state index in [0.29, 0.717) is 0 Å². The Balaban J connectivity index is 2.26. The van der Waals surface area contributed by atoms with Gasteiger partial charge in [0, 0.05) is 30.0 Å². The molecule has 1 aromatic rings. The molecular formula is C9H12N2O4S. The summed E-state index contributed by atoms with van der Waals surface area (Å²) in [5.74, 6) is -0.154. The Hall–Kier alpha value is -1.05. The van der Waals surface area contributed by atoms with Gasteiger partial charge in [-0.3, -0.25) is 14.3 Å². The number of rotatable bonds is 3. The smallest absolute Gasteiger partial charge is 0.329 e. The number of aliphatic hydroxyl groups is 2. The zero-order valence-corrected chi connectivity index (χ0v) is 9.18. The van der Waals surface area contributed by atoms with E-state index >= 15 is 0 Å². The molecular weight excluding hydrogens is 232 g/mol. The fourth-order valence-electron chi connectivity index (χ4n) is 1.76. The fraction of sp³-hybridized carbons (Fsp3) is 0.556. The minimum atomic E-state index is -0.486. The van der Waals surface area contributed by atoms with Crippen LogP contribution >= 0.6 is 11.8 Å². The molecule has 0 spiro atoms. The molecule has 1 aromatic heterocycles. The maximum Gasteiger partial charge on any atom is 0.329 e. The third-order valence-corrected chi connectivity index (χ3v) is 4.38. The summed E-state index contributed by atoms with van der Waals surface area (Å²) in [5.41, 5.74) is -0.926. The standard InChI is InChI=1S/C9H12N2O4S/c12-3-5-6(4-13)16-8(5)11-2-1-7(14)10-9(11)15/h1-2,5-6,8,12-13H,3-4H2,(H,10,14,15)/t5-,6-,8-/m0/s1. The van der Waals surface area contributed by atoms with Crippen LogP contribution in [0.3, 0.4) is 0 Å². The average molecular weight is 244 g/mol. The molecule has 0 radical (unpaired) electrons. The topological polar surface area (TPSA) is 95.3 Å². The minimum absolute atomic E-state index is 0.0233. The maximum atomic E-state index is 11.5. The zero-order valence-electron chi connectivity index (χ0n) is 8.37. The number of thioether (sulfide) groups is 1. The first-order valence-electron chi connectivity index (χ1n) is 4.86. The number of hydrogen-bond acceptors (Lipinski definition) is 5. The summed E-state index contributed by atoms with van der Waals surface area (Å²) in [5, 5.41) is 17.9. The number of H-pyrrole nitrogens is 1. The second kappa shape index (κ2) is 4.44. The van der Waals surface area contributed by atoms with Crippen molar-refractivity contribution in [1.82, 2.24) is 9.55 Å². The molecule has 1 aliphatic heterocycles. The van der Waals surface area contributed by atoms with Crippen LogP contribution < -0.4 is 11.2 Å². The first kappa shape index (κ1) is 11.4. The van der Waals surface area contributed by atoms with Gasteiger partial charge in [-0.25, -0.2) is 4.79 Å². The monoisotopic (exact) mass is 244 g/mol. The van der Waals surface area contributed by atoms with E-state index in [1.165, 1.54) is 28.6 Å². The lowest BCUT2D eigenvalue weighted by Crippen LogP contribution is -2.46. The van der Waals surface area contributed by atoms with Crippen LogP contribution in [0.1, 0.15) is 5.37 Å². The number of aliphatic hydroxyl groups excluding tert-OH is 2. The van der Waals surface area contributed by atoms with Crippen molar-refractivity contribution in [2.24, 2.45) is 5.92 Å². The SMILES string of the molecule is O=c1ccn([C@H]2S[C@@H](CO)[C@@H]2CO)c(=O)[nH]1. The van der Waals surface area contributed by atoms with Gasteiger partial charge in [-0.05, 0) is 0 Å². The van der Waals surface area contributed by atoms with Crippen LogP contribution in [-0.2, 0) is 0 Å². The molecule has 1 saturated heterocycles. The van der Waals surface area contributed by atoms with E-state index in [2.05, 4.69) is 4.98 Å². The van der Waals surface area contributed by atoms with Crippen molar-refractivity contribution in [1.29, 1.82) is 0 Å². The Morgan fingerprint density at radius 1 is 1.38 bits per heavy atom. The Labute approximate surface area is 94.9 Å². The van der Waals surface area contributed by atoms with E-state index in [0.717, 1.165) is 0 Å². The van der Waals surface area contributed by atoms with Crippen LogP contribution in [0.15, 0.2) is 21.9 Å². The molecule has 0 aliphatic carbocycles. The summed E-state index contributed by atoms with van der Waals surface area (Å²) in [4.78, 5) is 24.5. The van der Waals surface area contributed by atoms with E-state index in [1.54, 1.807) is 0 Å². The van der Waals surface area contributed by atoms with Crippen LogP contribution in [0.5, 0.6) is 0 Å². The first-order chi connectivity index (χ1) is 7.67. The van der Waals surface area contributed by atoms with Crippen molar-refractivity contribution in [2.75, 3.05) is 13.2 Å². The Kier molecular flexibility index (Phi) is 3.17. The van der Waals surface area contributed by atoms with Crippen molar-refractivity contribution in [2.45, 2.75) is 10.6 Å². The highest BCUT2D eigenvalue weighted by molar-refractivity contribution is 8.01. The van der Waals surface area contributed by atoms with Gasteiger partial charge in [0.15, 0.2) is 0 Å². The van der Waals surface area contributed by atoms with E-state index in [-0.39, 0.29) is 29.8 Å². The summed E-state index contributed by atoms with van der Waals surface area (Å²) in [6.07, 6.45) is 1.41. The molecule has 7 heteroatoms. The second-order valence-electron chi connectivity index (χ2n) is 3.61. The largest absolute Gasteiger partial charge is 0.396 e. The van der Waals surface area contributed by atoms with Crippen LogP contribution in [-0.4, -0.2) is 38.2 Å². The lowest BCUT2D eigenvalue weighted by Gasteiger charge is -2.42. The van der Waals surface area contributed by atoms with Crippen molar-refractivity contribution in [3.8, 4) is 0 Å². The number of hydrogen-bond donors (Lipinski definition) is 3. The van der Waals surface area contributed by atoms with Gasteiger partial charge in [-0.2, -0.15) is 0 Å². The van der Waals surface area contributed by atoms with E-state index in [9.17, 15) is 9.59 Å². The third kappa shape index (κ3) is 1.81. The number of nitrogens with one attached hydrogen (secondary N) is 1. The number of aromatic amines is 1. The lowest BCUT2D eigenvalue weighted by atomic mass is 10.0. The van der Waals surface area contributed by atoms with Crippen LogP contribution in [0.4, 0.5) is 0 Å². The van der Waals surface area contributed by atoms with Gasteiger partial charge >= 0.3 is 5.69 Å². The molecule has 0 saturated carbocycles. The summed E-state index contributed by atoms with van der Waals surface area (Å²) in [6, 6.07) is 1.27. The van der Waals surface area contributed by atoms with Crippen molar-refractivity contribution in [3.05, 3.63) is 33.1 Å². The lowest BCUT2D eigenvalue weighted by molar-refractivity contribution is 0.155. The highest BCUT2D eigenvalue weighted by Gasteiger charge is 2.42. The van der Waals surface area contributed by atoms with Gasteiger partial charge in [-0.1, -0.05) is 0 Å². The molecule has 2 heterocycles. The average Bonchev–Trinajstić information content (AvgIpc) is 2.21. The highest BCUT2D eigenvalue weighted by Crippen LogP contribution is 2.48. The van der Waals surface area contributed by atoms with Crippen molar-refractivity contribution < 1.29 is 10.2 Å². The summed E-state index contributed by atoms with van der Waals surface area (Å²) in [6.45, 7) is -0.112. The van der Waals surface area contributed by atoms with Crippen molar-refractivity contribution in [3.63, 3.8) is 0 Å². The molecule has 1 aliphatic rings. The molecule has 2 rings (SSSR count). The van der Waals surface area contributed by atoms with E-state index < -0.39 is 11.2 Å². The van der Waals surface area contributed by atoms with E-state index in [4.69, 9.17) is 10.2 Å². The zero-order chi connectivity index (χ0) is 11.7. The summed E-state index contributed by atoms with van der Waals surface area (Å²) in [7, 11) is 0. The van der Waals surface area contributed by atoms with Gasteiger partial charge in [0.05, 0.1) is 12.0 Å². The normalized spacial score (nSPS) is 28.8. The minimum Gasteiger partial charge on any atom is -0.396 e. The van der Waals surface area contributed by atoms with E-state index in [1.807, 2.05) is 0 Å². The Morgan fingerprint density at radius 2 is 2.12 bits per heavy atom.